The summed E-state index contributed by atoms with van der Waals surface area (Å²) >= 11 is 1.45. The largest absolute Gasteiger partial charge is 0.497 e. The zero-order valence-corrected chi connectivity index (χ0v) is 14.8. The predicted octanol–water partition coefficient (Wildman–Crippen LogP) is 3.42. The minimum atomic E-state index is -0.239. The molecular weight excluding hydrogens is 324 g/mol. The Hall–Kier alpha value is -2.67. The van der Waals surface area contributed by atoms with E-state index >= 15 is 0 Å². The SMILES string of the molecule is COc1ccc(-c2c(C)nn(C)c2NC(=O)c2csc(C)n2)cc1. The van der Waals surface area contributed by atoms with Gasteiger partial charge < -0.3 is 10.1 Å². The highest BCUT2D eigenvalue weighted by atomic mass is 32.1. The average molecular weight is 342 g/mol. The summed E-state index contributed by atoms with van der Waals surface area (Å²) in [5.74, 6) is 1.19. The molecule has 0 unspecified atom stereocenters. The number of hydrogen-bond donors (Lipinski definition) is 1. The molecule has 24 heavy (non-hydrogen) atoms. The predicted molar refractivity (Wildman–Crippen MR) is 94.7 cm³/mol. The number of aryl methyl sites for hydroxylation is 3. The summed E-state index contributed by atoms with van der Waals surface area (Å²) in [5, 5.41) is 9.97. The summed E-state index contributed by atoms with van der Waals surface area (Å²) in [4.78, 5) is 16.7. The van der Waals surface area contributed by atoms with Crippen molar-refractivity contribution in [2.75, 3.05) is 12.4 Å². The maximum atomic E-state index is 12.4. The van der Waals surface area contributed by atoms with Crippen LogP contribution in [0.1, 0.15) is 21.2 Å². The van der Waals surface area contributed by atoms with Crippen molar-refractivity contribution < 1.29 is 9.53 Å². The lowest BCUT2D eigenvalue weighted by molar-refractivity contribution is 0.102. The van der Waals surface area contributed by atoms with Crippen molar-refractivity contribution in [1.82, 2.24) is 14.8 Å². The first-order chi connectivity index (χ1) is 11.5. The van der Waals surface area contributed by atoms with E-state index in [1.165, 1.54) is 11.3 Å². The Bertz CT molecular complexity index is 881. The Labute approximate surface area is 144 Å². The Kier molecular flexibility index (Phi) is 4.35. The molecule has 0 radical (unpaired) electrons. The zero-order chi connectivity index (χ0) is 17.3. The molecule has 0 bridgehead atoms. The highest BCUT2D eigenvalue weighted by Gasteiger charge is 2.19. The second-order valence-electron chi connectivity index (χ2n) is 5.37. The van der Waals surface area contributed by atoms with Crippen LogP contribution in [-0.2, 0) is 7.05 Å². The fraction of sp³-hybridized carbons (Fsp3) is 0.235. The highest BCUT2D eigenvalue weighted by Crippen LogP contribution is 2.32. The number of methoxy groups -OCH3 is 1. The monoisotopic (exact) mass is 342 g/mol. The average Bonchev–Trinajstić information content (AvgIpc) is 3.11. The topological polar surface area (TPSA) is 69.0 Å². The van der Waals surface area contributed by atoms with Gasteiger partial charge in [0.1, 0.15) is 17.3 Å². The van der Waals surface area contributed by atoms with Gasteiger partial charge in [0.15, 0.2) is 0 Å². The van der Waals surface area contributed by atoms with Crippen LogP contribution >= 0.6 is 11.3 Å². The molecule has 2 aromatic heterocycles. The number of rotatable bonds is 4. The number of amides is 1. The minimum Gasteiger partial charge on any atom is -0.497 e. The number of anilines is 1. The van der Waals surface area contributed by atoms with Crippen LogP contribution in [0.25, 0.3) is 11.1 Å². The van der Waals surface area contributed by atoms with Gasteiger partial charge in [0.25, 0.3) is 5.91 Å². The number of ether oxygens (including phenoxy) is 1. The molecule has 0 aliphatic rings. The summed E-state index contributed by atoms with van der Waals surface area (Å²) in [5.41, 5.74) is 3.11. The third kappa shape index (κ3) is 3.03. The van der Waals surface area contributed by atoms with Crippen LogP contribution in [0.2, 0.25) is 0 Å². The van der Waals surface area contributed by atoms with Gasteiger partial charge in [-0.3, -0.25) is 9.48 Å². The van der Waals surface area contributed by atoms with E-state index in [9.17, 15) is 4.79 Å². The summed E-state index contributed by atoms with van der Waals surface area (Å²) < 4.78 is 6.87. The van der Waals surface area contributed by atoms with Crippen LogP contribution in [0.4, 0.5) is 5.82 Å². The van der Waals surface area contributed by atoms with E-state index in [1.807, 2.05) is 45.2 Å². The Morgan fingerprint density at radius 3 is 2.54 bits per heavy atom. The highest BCUT2D eigenvalue weighted by molar-refractivity contribution is 7.09. The van der Waals surface area contributed by atoms with Crippen molar-refractivity contribution in [2.24, 2.45) is 7.05 Å². The van der Waals surface area contributed by atoms with E-state index in [1.54, 1.807) is 17.2 Å². The molecule has 0 saturated heterocycles. The van der Waals surface area contributed by atoms with Gasteiger partial charge in [-0.1, -0.05) is 12.1 Å². The molecule has 1 amide bonds. The number of aromatic nitrogens is 3. The molecule has 0 fully saturated rings. The number of carbonyl (C=O) groups excluding carboxylic acids is 1. The third-order valence-electron chi connectivity index (χ3n) is 3.68. The van der Waals surface area contributed by atoms with Crippen molar-refractivity contribution in [1.29, 1.82) is 0 Å². The first-order valence-electron chi connectivity index (χ1n) is 7.41. The normalized spacial score (nSPS) is 10.7. The summed E-state index contributed by atoms with van der Waals surface area (Å²) in [6.07, 6.45) is 0. The lowest BCUT2D eigenvalue weighted by atomic mass is 10.1. The van der Waals surface area contributed by atoms with E-state index in [2.05, 4.69) is 15.4 Å². The van der Waals surface area contributed by atoms with Crippen molar-refractivity contribution in [3.05, 3.63) is 46.0 Å². The van der Waals surface area contributed by atoms with Gasteiger partial charge in [0, 0.05) is 18.0 Å². The Morgan fingerprint density at radius 1 is 1.25 bits per heavy atom. The molecule has 6 nitrogen and oxygen atoms in total. The first kappa shape index (κ1) is 16.2. The molecule has 0 saturated carbocycles. The number of benzene rings is 1. The van der Waals surface area contributed by atoms with Crippen molar-refractivity contribution in [3.63, 3.8) is 0 Å². The van der Waals surface area contributed by atoms with Crippen molar-refractivity contribution in [2.45, 2.75) is 13.8 Å². The Morgan fingerprint density at radius 2 is 1.96 bits per heavy atom. The van der Waals surface area contributed by atoms with Crippen LogP contribution < -0.4 is 10.1 Å². The number of nitrogens with zero attached hydrogens (tertiary/aromatic N) is 3. The van der Waals surface area contributed by atoms with E-state index in [-0.39, 0.29) is 5.91 Å². The van der Waals surface area contributed by atoms with Crippen LogP contribution in [0.5, 0.6) is 5.75 Å². The fourth-order valence-corrected chi connectivity index (χ4v) is 3.14. The van der Waals surface area contributed by atoms with Gasteiger partial charge in [-0.15, -0.1) is 11.3 Å². The molecule has 3 aromatic rings. The maximum Gasteiger partial charge on any atom is 0.276 e. The molecule has 0 atom stereocenters. The van der Waals surface area contributed by atoms with Crippen LogP contribution in [0.3, 0.4) is 0 Å². The molecule has 0 aliphatic heterocycles. The molecule has 124 valence electrons. The number of nitrogens with one attached hydrogen (secondary N) is 1. The molecular formula is C17H18N4O2S. The van der Waals surface area contributed by atoms with Crippen molar-refractivity contribution in [3.8, 4) is 16.9 Å². The third-order valence-corrected chi connectivity index (χ3v) is 4.46. The summed E-state index contributed by atoms with van der Waals surface area (Å²) in [6, 6.07) is 7.67. The van der Waals surface area contributed by atoms with E-state index in [0.717, 1.165) is 27.6 Å². The van der Waals surface area contributed by atoms with Crippen molar-refractivity contribution >= 4 is 23.1 Å². The minimum absolute atomic E-state index is 0.239. The van der Waals surface area contributed by atoms with E-state index in [4.69, 9.17) is 4.74 Å². The van der Waals surface area contributed by atoms with E-state index < -0.39 is 0 Å². The van der Waals surface area contributed by atoms with Gasteiger partial charge in [0.05, 0.1) is 17.8 Å². The number of thiazole rings is 1. The molecule has 0 aliphatic carbocycles. The van der Waals surface area contributed by atoms with Gasteiger partial charge in [-0.2, -0.15) is 5.10 Å². The number of hydrogen-bond acceptors (Lipinski definition) is 5. The quantitative estimate of drug-likeness (QED) is 0.789. The molecule has 3 rings (SSSR count). The van der Waals surface area contributed by atoms with Crippen LogP contribution in [0, 0.1) is 13.8 Å². The zero-order valence-electron chi connectivity index (χ0n) is 14.0. The lowest BCUT2D eigenvalue weighted by Crippen LogP contribution is -2.15. The second-order valence-corrected chi connectivity index (χ2v) is 6.43. The van der Waals surface area contributed by atoms with E-state index in [0.29, 0.717) is 11.5 Å². The summed E-state index contributed by atoms with van der Waals surface area (Å²) in [7, 11) is 3.44. The Balaban J connectivity index is 1.97. The molecule has 1 aromatic carbocycles. The smallest absolute Gasteiger partial charge is 0.276 e. The van der Waals surface area contributed by atoms with Gasteiger partial charge in [-0.05, 0) is 31.5 Å². The second kappa shape index (κ2) is 6.45. The molecule has 0 spiro atoms. The summed E-state index contributed by atoms with van der Waals surface area (Å²) in [6.45, 7) is 3.79. The molecule has 1 N–H and O–H groups in total. The standard InChI is InChI=1S/C17H18N4O2S/c1-10-15(12-5-7-13(23-4)8-6-12)16(21(3)20-10)19-17(22)14-9-24-11(2)18-14/h5-9H,1-4H3,(H,19,22). The maximum absolute atomic E-state index is 12.4. The first-order valence-corrected chi connectivity index (χ1v) is 8.29. The van der Waals surface area contributed by atoms with Gasteiger partial charge in [0.2, 0.25) is 0 Å². The van der Waals surface area contributed by atoms with Crippen LogP contribution in [-0.4, -0.2) is 27.8 Å². The van der Waals surface area contributed by atoms with Gasteiger partial charge >= 0.3 is 0 Å². The fourth-order valence-electron chi connectivity index (χ4n) is 2.54. The van der Waals surface area contributed by atoms with Crippen LogP contribution in [0.15, 0.2) is 29.6 Å². The lowest BCUT2D eigenvalue weighted by Gasteiger charge is -2.09. The van der Waals surface area contributed by atoms with Gasteiger partial charge in [-0.25, -0.2) is 4.98 Å². The molecule has 7 heteroatoms. The molecule has 2 heterocycles. The number of carbonyl (C=O) groups is 1.